The Bertz CT molecular complexity index is 382. The topological polar surface area (TPSA) is 35.2 Å². The van der Waals surface area contributed by atoms with Crippen LogP contribution in [-0.2, 0) is 4.43 Å². The van der Waals surface area contributed by atoms with Gasteiger partial charge >= 0.3 is 0 Å². The second-order valence-electron chi connectivity index (χ2n) is 5.75. The minimum Gasteiger partial charge on any atom is -0.409 e. The van der Waals surface area contributed by atoms with Crippen LogP contribution < -0.4 is 5.73 Å². The van der Waals surface area contributed by atoms with Crippen LogP contribution in [0.1, 0.15) is 25.5 Å². The molecule has 1 unspecified atom stereocenters. The summed E-state index contributed by atoms with van der Waals surface area (Å²) in [6.07, 6.45) is -0.0379. The molecule has 0 amide bonds. The monoisotopic (exact) mass is 285 g/mol. The van der Waals surface area contributed by atoms with Gasteiger partial charge in [-0.05, 0) is 42.8 Å². The molecular weight excluding hydrogens is 262 g/mol. The van der Waals surface area contributed by atoms with E-state index >= 15 is 0 Å². The molecule has 0 aliphatic carbocycles. The molecule has 1 rings (SSSR count). The number of hydrogen-bond donors (Lipinski definition) is 1. The molecule has 102 valence electrons. The average molecular weight is 286 g/mol. The second-order valence-corrected chi connectivity index (χ2v) is 10.4. The fourth-order valence-corrected chi connectivity index (χ4v) is 5.64. The maximum absolute atomic E-state index is 6.29. The molecule has 0 heterocycles. The van der Waals surface area contributed by atoms with Crippen molar-refractivity contribution in [2.75, 3.05) is 6.54 Å². The third kappa shape index (κ3) is 5.10. The summed E-state index contributed by atoms with van der Waals surface area (Å²) in [5.41, 5.74) is 6.93. The first-order valence-electron chi connectivity index (χ1n) is 6.47. The summed E-state index contributed by atoms with van der Waals surface area (Å²) in [6.45, 7) is 9.46. The Labute approximate surface area is 117 Å². The van der Waals surface area contributed by atoms with Gasteiger partial charge in [-0.15, -0.1) is 0 Å². The normalized spacial score (nSPS) is 13.9. The zero-order valence-electron chi connectivity index (χ0n) is 11.7. The highest BCUT2D eigenvalue weighted by molar-refractivity contribution is 6.71. The lowest BCUT2D eigenvalue weighted by atomic mass is 10.1. The van der Waals surface area contributed by atoms with E-state index in [0.29, 0.717) is 12.5 Å². The summed E-state index contributed by atoms with van der Waals surface area (Å²) < 4.78 is 6.29. The van der Waals surface area contributed by atoms with Crippen LogP contribution in [0.15, 0.2) is 24.3 Å². The smallest absolute Gasteiger partial charge is 0.187 e. The van der Waals surface area contributed by atoms with Crippen LogP contribution in [0, 0.1) is 5.92 Å². The zero-order valence-corrected chi connectivity index (χ0v) is 13.5. The van der Waals surface area contributed by atoms with E-state index in [1.54, 1.807) is 0 Å². The van der Waals surface area contributed by atoms with Gasteiger partial charge in [0, 0.05) is 11.6 Å². The molecule has 0 aliphatic rings. The van der Waals surface area contributed by atoms with Crippen LogP contribution in [-0.4, -0.2) is 14.9 Å². The summed E-state index contributed by atoms with van der Waals surface area (Å²) in [7, 11) is -1.67. The predicted octanol–water partition coefficient (Wildman–Crippen LogP) is 4.22. The van der Waals surface area contributed by atoms with Gasteiger partial charge in [0.25, 0.3) is 0 Å². The Kier molecular flexibility index (Phi) is 5.85. The molecule has 2 N–H and O–H groups in total. The Morgan fingerprint density at radius 2 is 2.00 bits per heavy atom. The first-order chi connectivity index (χ1) is 8.34. The first-order valence-corrected chi connectivity index (χ1v) is 9.97. The van der Waals surface area contributed by atoms with Gasteiger partial charge in [0.2, 0.25) is 0 Å². The number of benzene rings is 1. The van der Waals surface area contributed by atoms with Gasteiger partial charge in [0.1, 0.15) is 0 Å². The van der Waals surface area contributed by atoms with Crippen LogP contribution in [0.25, 0.3) is 0 Å². The van der Waals surface area contributed by atoms with E-state index in [0.717, 1.165) is 16.6 Å². The highest BCUT2D eigenvalue weighted by atomic mass is 35.5. The van der Waals surface area contributed by atoms with Crippen molar-refractivity contribution in [3.8, 4) is 0 Å². The zero-order chi connectivity index (χ0) is 13.8. The quantitative estimate of drug-likeness (QED) is 0.795. The van der Waals surface area contributed by atoms with Crippen molar-refractivity contribution >= 4 is 19.9 Å². The van der Waals surface area contributed by atoms with Crippen LogP contribution in [0.2, 0.25) is 24.2 Å². The van der Waals surface area contributed by atoms with Crippen LogP contribution in [0.5, 0.6) is 0 Å². The van der Waals surface area contributed by atoms with Gasteiger partial charge in [-0.3, -0.25) is 0 Å². The van der Waals surface area contributed by atoms with E-state index in [9.17, 15) is 0 Å². The van der Waals surface area contributed by atoms with Gasteiger partial charge in [-0.2, -0.15) is 0 Å². The van der Waals surface area contributed by atoms with E-state index in [1.807, 2.05) is 24.3 Å². The molecule has 1 atom stereocenters. The lowest BCUT2D eigenvalue weighted by Gasteiger charge is -2.30. The van der Waals surface area contributed by atoms with Crippen LogP contribution in [0.3, 0.4) is 0 Å². The molecule has 0 saturated carbocycles. The van der Waals surface area contributed by atoms with Crippen LogP contribution >= 0.6 is 11.6 Å². The van der Waals surface area contributed by atoms with Crippen LogP contribution in [0.4, 0.5) is 0 Å². The van der Waals surface area contributed by atoms with Crippen molar-refractivity contribution in [1.82, 2.24) is 0 Å². The minimum atomic E-state index is -1.67. The third-order valence-corrected chi connectivity index (χ3v) is 5.75. The number of hydrogen-bond acceptors (Lipinski definition) is 2. The third-order valence-electron chi connectivity index (χ3n) is 2.80. The van der Waals surface area contributed by atoms with Crippen molar-refractivity contribution < 1.29 is 4.43 Å². The van der Waals surface area contributed by atoms with Crippen molar-refractivity contribution in [1.29, 1.82) is 0 Å². The van der Waals surface area contributed by atoms with Gasteiger partial charge in [0.15, 0.2) is 8.32 Å². The Morgan fingerprint density at radius 1 is 1.33 bits per heavy atom. The standard InChI is InChI=1S/C14H24ClNOSi/c1-11(2)10-18(3,4)17-14(9-16)12-6-5-7-13(15)8-12/h5-8,11,14H,9-10,16H2,1-4H3. The van der Waals surface area contributed by atoms with Crippen molar-refractivity contribution in [2.45, 2.75) is 39.1 Å². The van der Waals surface area contributed by atoms with Gasteiger partial charge < -0.3 is 10.2 Å². The summed E-state index contributed by atoms with van der Waals surface area (Å²) in [6, 6.07) is 8.93. The Balaban J connectivity index is 2.79. The lowest BCUT2D eigenvalue weighted by molar-refractivity contribution is 0.201. The van der Waals surface area contributed by atoms with E-state index < -0.39 is 8.32 Å². The molecule has 1 aromatic carbocycles. The summed E-state index contributed by atoms with van der Waals surface area (Å²) in [4.78, 5) is 0. The molecule has 4 heteroatoms. The van der Waals surface area contributed by atoms with Gasteiger partial charge in [-0.1, -0.05) is 37.6 Å². The van der Waals surface area contributed by atoms with Gasteiger partial charge in [-0.25, -0.2) is 0 Å². The molecule has 0 fully saturated rings. The Hall–Kier alpha value is -0.353. The fourth-order valence-electron chi connectivity index (χ4n) is 2.38. The molecule has 0 spiro atoms. The molecule has 18 heavy (non-hydrogen) atoms. The average Bonchev–Trinajstić information content (AvgIpc) is 2.24. The maximum atomic E-state index is 6.29. The summed E-state index contributed by atoms with van der Waals surface area (Å²) >= 11 is 6.02. The number of nitrogens with two attached hydrogens (primary N) is 1. The molecule has 2 nitrogen and oxygen atoms in total. The fraction of sp³-hybridized carbons (Fsp3) is 0.571. The van der Waals surface area contributed by atoms with Crippen molar-refractivity contribution in [3.05, 3.63) is 34.9 Å². The van der Waals surface area contributed by atoms with Crippen molar-refractivity contribution in [2.24, 2.45) is 11.7 Å². The van der Waals surface area contributed by atoms with Crippen molar-refractivity contribution in [3.63, 3.8) is 0 Å². The molecule has 1 aromatic rings. The highest BCUT2D eigenvalue weighted by Gasteiger charge is 2.28. The number of rotatable bonds is 6. The maximum Gasteiger partial charge on any atom is 0.187 e. The van der Waals surface area contributed by atoms with E-state index in [2.05, 4.69) is 26.9 Å². The molecular formula is C14H24ClNOSi. The first kappa shape index (κ1) is 15.7. The molecule has 0 bridgehead atoms. The second kappa shape index (κ2) is 6.71. The molecule has 0 saturated heterocycles. The predicted molar refractivity (Wildman–Crippen MR) is 81.5 cm³/mol. The Morgan fingerprint density at radius 3 is 2.50 bits per heavy atom. The van der Waals surface area contributed by atoms with E-state index in [-0.39, 0.29) is 6.10 Å². The molecule has 0 aliphatic heterocycles. The molecule has 0 radical (unpaired) electrons. The van der Waals surface area contributed by atoms with E-state index in [1.165, 1.54) is 0 Å². The highest BCUT2D eigenvalue weighted by Crippen LogP contribution is 2.27. The largest absolute Gasteiger partial charge is 0.409 e. The number of halogens is 1. The molecule has 0 aromatic heterocycles. The minimum absolute atomic E-state index is 0.0379. The van der Waals surface area contributed by atoms with E-state index in [4.69, 9.17) is 21.8 Å². The van der Waals surface area contributed by atoms with Gasteiger partial charge in [0.05, 0.1) is 6.10 Å². The lowest BCUT2D eigenvalue weighted by Crippen LogP contribution is -2.35. The summed E-state index contributed by atoms with van der Waals surface area (Å²) in [5, 5.41) is 0.734. The SMILES string of the molecule is CC(C)C[Si](C)(C)OC(CN)c1cccc(Cl)c1. The summed E-state index contributed by atoms with van der Waals surface area (Å²) in [5.74, 6) is 0.657.